The van der Waals surface area contributed by atoms with Gasteiger partial charge in [0.1, 0.15) is 12.4 Å². The van der Waals surface area contributed by atoms with Crippen molar-refractivity contribution in [2.45, 2.75) is 42.5 Å². The van der Waals surface area contributed by atoms with E-state index in [-0.39, 0.29) is 17.7 Å². The van der Waals surface area contributed by atoms with Crippen LogP contribution in [0.4, 0.5) is 4.39 Å². The standard InChI is InChI=1S/C19H20FNO5S/c20-19(18(22)23)12-4-7-17(19)21-27(24,25)16-10-8-15(9-11-16)26-13-14-5-2-1-3-6-14/h1-3,5-6,8-11,17,21H,4,7,12-13H2,(H,22,23)/t17-,19-/m1/s1. The number of hydrogen-bond acceptors (Lipinski definition) is 4. The summed E-state index contributed by atoms with van der Waals surface area (Å²) in [5.74, 6) is -1.15. The first kappa shape index (κ1) is 19.3. The van der Waals surface area contributed by atoms with Gasteiger partial charge in [0.15, 0.2) is 0 Å². The number of benzene rings is 2. The summed E-state index contributed by atoms with van der Waals surface area (Å²) in [6.45, 7) is 0.343. The molecule has 0 bridgehead atoms. The number of alkyl halides is 1. The smallest absolute Gasteiger partial charge is 0.343 e. The zero-order chi connectivity index (χ0) is 19.5. The minimum Gasteiger partial charge on any atom is -0.489 e. The zero-order valence-corrected chi connectivity index (χ0v) is 15.3. The Labute approximate surface area is 157 Å². The van der Waals surface area contributed by atoms with Crippen LogP contribution in [0, 0.1) is 0 Å². The Bertz CT molecular complexity index is 901. The van der Waals surface area contributed by atoms with Crippen LogP contribution < -0.4 is 9.46 Å². The van der Waals surface area contributed by atoms with Crippen LogP contribution in [0.2, 0.25) is 0 Å². The van der Waals surface area contributed by atoms with Gasteiger partial charge in [0.05, 0.1) is 10.9 Å². The minimum atomic E-state index is -4.04. The van der Waals surface area contributed by atoms with E-state index in [0.29, 0.717) is 18.8 Å². The molecule has 0 spiro atoms. The van der Waals surface area contributed by atoms with Gasteiger partial charge in [-0.1, -0.05) is 30.3 Å². The molecule has 0 radical (unpaired) electrons. The number of rotatable bonds is 7. The lowest BCUT2D eigenvalue weighted by Gasteiger charge is -2.23. The summed E-state index contributed by atoms with van der Waals surface area (Å²) >= 11 is 0. The highest BCUT2D eigenvalue weighted by Crippen LogP contribution is 2.35. The molecular weight excluding hydrogens is 373 g/mol. The van der Waals surface area contributed by atoms with Crippen molar-refractivity contribution in [1.29, 1.82) is 0 Å². The van der Waals surface area contributed by atoms with Crippen LogP contribution in [0.1, 0.15) is 24.8 Å². The van der Waals surface area contributed by atoms with Crippen molar-refractivity contribution < 1.29 is 27.4 Å². The molecule has 2 atom stereocenters. The molecule has 0 aliphatic heterocycles. The van der Waals surface area contributed by atoms with Crippen LogP contribution in [-0.4, -0.2) is 31.2 Å². The van der Waals surface area contributed by atoms with Crippen LogP contribution in [0.15, 0.2) is 59.5 Å². The predicted octanol–water partition coefficient (Wildman–Crippen LogP) is 2.89. The fourth-order valence-electron chi connectivity index (χ4n) is 3.09. The van der Waals surface area contributed by atoms with E-state index in [4.69, 9.17) is 9.84 Å². The van der Waals surface area contributed by atoms with Crippen molar-refractivity contribution in [3.8, 4) is 5.75 Å². The zero-order valence-electron chi connectivity index (χ0n) is 14.5. The summed E-state index contributed by atoms with van der Waals surface area (Å²) in [5.41, 5.74) is -1.60. The van der Waals surface area contributed by atoms with Crippen LogP contribution >= 0.6 is 0 Å². The lowest BCUT2D eigenvalue weighted by molar-refractivity contribution is -0.151. The Kier molecular flexibility index (Phi) is 5.48. The summed E-state index contributed by atoms with van der Waals surface area (Å²) in [5, 5.41) is 9.07. The van der Waals surface area contributed by atoms with Crippen molar-refractivity contribution in [3.63, 3.8) is 0 Å². The number of nitrogens with one attached hydrogen (secondary N) is 1. The first-order valence-corrected chi connectivity index (χ1v) is 10.0. The van der Waals surface area contributed by atoms with E-state index in [9.17, 15) is 17.6 Å². The second-order valence-electron chi connectivity index (χ2n) is 6.48. The fourth-order valence-corrected chi connectivity index (χ4v) is 4.40. The van der Waals surface area contributed by atoms with E-state index in [1.54, 1.807) is 0 Å². The van der Waals surface area contributed by atoms with Crippen molar-refractivity contribution in [3.05, 3.63) is 60.2 Å². The third-order valence-corrected chi connectivity index (χ3v) is 6.11. The van der Waals surface area contributed by atoms with Gasteiger partial charge in [0.2, 0.25) is 15.7 Å². The summed E-state index contributed by atoms with van der Waals surface area (Å²) < 4.78 is 47.3. The quantitative estimate of drug-likeness (QED) is 0.755. The maximum absolute atomic E-state index is 14.5. The van der Waals surface area contributed by atoms with Gasteiger partial charge in [-0.05, 0) is 49.1 Å². The van der Waals surface area contributed by atoms with E-state index in [1.807, 2.05) is 30.3 Å². The van der Waals surface area contributed by atoms with E-state index >= 15 is 0 Å². The molecule has 27 heavy (non-hydrogen) atoms. The van der Waals surface area contributed by atoms with E-state index < -0.39 is 27.7 Å². The number of carboxylic acid groups (broad SMARTS) is 1. The summed E-state index contributed by atoms with van der Waals surface area (Å²) in [6, 6.07) is 13.9. The van der Waals surface area contributed by atoms with Crippen molar-refractivity contribution in [2.75, 3.05) is 0 Å². The normalized spacial score (nSPS) is 22.5. The predicted molar refractivity (Wildman–Crippen MR) is 96.7 cm³/mol. The van der Waals surface area contributed by atoms with Crippen LogP contribution in [0.3, 0.4) is 0 Å². The van der Waals surface area contributed by atoms with Crippen LogP contribution in [0.25, 0.3) is 0 Å². The van der Waals surface area contributed by atoms with Crippen LogP contribution in [-0.2, 0) is 21.4 Å². The van der Waals surface area contributed by atoms with Gasteiger partial charge in [-0.2, -0.15) is 0 Å². The summed E-state index contributed by atoms with van der Waals surface area (Å²) in [6.07, 6.45) is 0.240. The Hall–Kier alpha value is -2.45. The molecule has 1 aliphatic rings. The maximum atomic E-state index is 14.5. The molecule has 1 aliphatic carbocycles. The Morgan fingerprint density at radius 2 is 1.85 bits per heavy atom. The molecule has 8 heteroatoms. The Morgan fingerprint density at radius 3 is 2.48 bits per heavy atom. The molecule has 0 unspecified atom stereocenters. The number of sulfonamides is 1. The molecule has 0 aromatic heterocycles. The second-order valence-corrected chi connectivity index (χ2v) is 8.19. The highest BCUT2D eigenvalue weighted by molar-refractivity contribution is 7.89. The number of aliphatic carboxylic acids is 1. The van der Waals surface area contributed by atoms with Crippen LogP contribution in [0.5, 0.6) is 5.75 Å². The van der Waals surface area contributed by atoms with Crippen molar-refractivity contribution >= 4 is 16.0 Å². The van der Waals surface area contributed by atoms with Gasteiger partial charge < -0.3 is 9.84 Å². The van der Waals surface area contributed by atoms with Gasteiger partial charge in [-0.25, -0.2) is 22.3 Å². The van der Waals surface area contributed by atoms with E-state index in [0.717, 1.165) is 5.56 Å². The van der Waals surface area contributed by atoms with E-state index in [1.165, 1.54) is 24.3 Å². The Morgan fingerprint density at radius 1 is 1.19 bits per heavy atom. The lowest BCUT2D eigenvalue weighted by Crippen LogP contribution is -2.50. The number of carboxylic acids is 1. The SMILES string of the molecule is O=C(O)[C@@]1(F)CCC[C@H]1NS(=O)(=O)c1ccc(OCc2ccccc2)cc1. The first-order valence-electron chi connectivity index (χ1n) is 8.53. The van der Waals surface area contributed by atoms with Crippen molar-refractivity contribution in [1.82, 2.24) is 4.72 Å². The first-order chi connectivity index (χ1) is 12.8. The largest absolute Gasteiger partial charge is 0.489 e. The topological polar surface area (TPSA) is 92.7 Å². The summed E-state index contributed by atoms with van der Waals surface area (Å²) in [4.78, 5) is 11.1. The molecule has 2 N–H and O–H groups in total. The second kappa shape index (κ2) is 7.66. The monoisotopic (exact) mass is 393 g/mol. The Balaban J connectivity index is 1.67. The minimum absolute atomic E-state index is 0.0748. The molecule has 6 nitrogen and oxygen atoms in total. The highest BCUT2D eigenvalue weighted by Gasteiger charge is 2.51. The van der Waals surface area contributed by atoms with Gasteiger partial charge in [-0.15, -0.1) is 0 Å². The molecule has 2 aromatic rings. The molecule has 1 saturated carbocycles. The number of carbonyl (C=O) groups is 1. The molecule has 2 aromatic carbocycles. The average Bonchev–Trinajstić information content (AvgIpc) is 3.02. The van der Waals surface area contributed by atoms with E-state index in [2.05, 4.69) is 4.72 Å². The number of hydrogen-bond donors (Lipinski definition) is 2. The average molecular weight is 393 g/mol. The number of halogens is 1. The third kappa shape index (κ3) is 4.28. The lowest BCUT2D eigenvalue weighted by atomic mass is 10.0. The molecule has 0 amide bonds. The molecule has 1 fully saturated rings. The summed E-state index contributed by atoms with van der Waals surface area (Å²) in [7, 11) is -4.04. The third-order valence-electron chi connectivity index (χ3n) is 4.62. The maximum Gasteiger partial charge on any atom is 0.343 e. The molecule has 0 saturated heterocycles. The highest BCUT2D eigenvalue weighted by atomic mass is 32.2. The molecule has 144 valence electrons. The van der Waals surface area contributed by atoms with Gasteiger partial charge in [0.25, 0.3) is 0 Å². The van der Waals surface area contributed by atoms with Gasteiger partial charge in [0, 0.05) is 0 Å². The van der Waals surface area contributed by atoms with Crippen molar-refractivity contribution in [2.24, 2.45) is 0 Å². The fraction of sp³-hybridized carbons (Fsp3) is 0.316. The molecule has 3 rings (SSSR count). The number of ether oxygens (including phenoxy) is 1. The molecular formula is C19H20FNO5S. The van der Waals surface area contributed by atoms with Gasteiger partial charge >= 0.3 is 5.97 Å². The van der Waals surface area contributed by atoms with Gasteiger partial charge in [-0.3, -0.25) is 0 Å². The molecule has 0 heterocycles.